The van der Waals surface area contributed by atoms with Crippen molar-refractivity contribution in [3.8, 4) is 11.3 Å². The Morgan fingerprint density at radius 2 is 1.81 bits per heavy atom. The quantitative estimate of drug-likeness (QED) is 0.284. The van der Waals surface area contributed by atoms with Gasteiger partial charge in [0.05, 0.1) is 6.21 Å². The number of benzene rings is 2. The lowest BCUT2D eigenvalue weighted by atomic mass is 10.2. The molecule has 2 aromatic carbocycles. The average molecular weight is 488 g/mol. The van der Waals surface area contributed by atoms with Gasteiger partial charge in [0.25, 0.3) is 0 Å². The first-order valence-electron chi connectivity index (χ1n) is 7.97. The molecule has 0 radical (unpaired) electrons. The summed E-state index contributed by atoms with van der Waals surface area (Å²) < 4.78 is 13.1. The molecule has 134 valence electrons. The van der Waals surface area contributed by atoms with Gasteiger partial charge in [-0.15, -0.1) is 0 Å². The number of hydrogen-bond donors (Lipinski definition) is 1. The van der Waals surface area contributed by atoms with E-state index >= 15 is 0 Å². The van der Waals surface area contributed by atoms with Gasteiger partial charge in [0.1, 0.15) is 17.1 Å². The van der Waals surface area contributed by atoms with E-state index in [1.54, 1.807) is 18.2 Å². The normalized spacial score (nSPS) is 11.3. The maximum Gasteiger partial charge on any atom is 0.307 e. The molecule has 0 aliphatic heterocycles. The maximum absolute atomic E-state index is 12.2. The van der Waals surface area contributed by atoms with Crippen LogP contribution < -0.4 is 5.43 Å². The van der Waals surface area contributed by atoms with Crippen LogP contribution in [0.3, 0.4) is 0 Å². The lowest BCUT2D eigenvalue weighted by Crippen LogP contribution is -2.16. The molecular weight excluding hydrogens is 476 g/mol. The van der Waals surface area contributed by atoms with Gasteiger partial charge in [-0.05, 0) is 48.5 Å². The summed E-state index contributed by atoms with van der Waals surface area (Å²) in [5, 5.41) is 4.77. The molecule has 5 nitrogen and oxygen atoms in total. The molecule has 0 aliphatic rings. The fourth-order valence-corrected chi connectivity index (χ4v) is 3.33. The molecular formula is C20H12Br2N2O3. The van der Waals surface area contributed by atoms with Gasteiger partial charge < -0.3 is 8.83 Å². The zero-order valence-electron chi connectivity index (χ0n) is 13.8. The molecule has 27 heavy (non-hydrogen) atoms. The Balaban J connectivity index is 1.45. The van der Waals surface area contributed by atoms with Gasteiger partial charge >= 0.3 is 5.91 Å². The molecule has 0 saturated heterocycles. The van der Waals surface area contributed by atoms with Gasteiger partial charge in [0.2, 0.25) is 0 Å². The Hall–Kier alpha value is -2.64. The minimum atomic E-state index is -0.433. The molecule has 0 bridgehead atoms. The van der Waals surface area contributed by atoms with Crippen molar-refractivity contribution in [3.63, 3.8) is 0 Å². The van der Waals surface area contributed by atoms with E-state index < -0.39 is 5.91 Å². The standard InChI is InChI=1S/C20H12Br2N2O3/c21-14-3-1-2-12(8-14)17-7-5-16(26-17)11-23-24-20(25)19-10-13-9-15(22)4-6-18(13)27-19/h1-11H,(H,24,25)/b23-11+. The van der Waals surface area contributed by atoms with Crippen molar-refractivity contribution in [2.45, 2.75) is 0 Å². The number of nitrogens with zero attached hydrogens (tertiary/aromatic N) is 1. The Kier molecular flexibility index (Phi) is 4.96. The van der Waals surface area contributed by atoms with E-state index in [4.69, 9.17) is 8.83 Å². The fourth-order valence-electron chi connectivity index (χ4n) is 2.55. The van der Waals surface area contributed by atoms with Crippen LogP contribution in [0.25, 0.3) is 22.3 Å². The third-order valence-electron chi connectivity index (χ3n) is 3.80. The third kappa shape index (κ3) is 4.04. The van der Waals surface area contributed by atoms with Gasteiger partial charge in [-0.1, -0.05) is 44.0 Å². The first kappa shape index (κ1) is 17.8. The number of amides is 1. The van der Waals surface area contributed by atoms with Crippen molar-refractivity contribution in [1.82, 2.24) is 5.43 Å². The van der Waals surface area contributed by atoms with E-state index in [2.05, 4.69) is 42.4 Å². The third-order valence-corrected chi connectivity index (χ3v) is 4.78. The lowest BCUT2D eigenvalue weighted by molar-refractivity contribution is 0.0929. The average Bonchev–Trinajstić information content (AvgIpc) is 3.28. The first-order valence-corrected chi connectivity index (χ1v) is 9.55. The SMILES string of the molecule is O=C(N/N=C/c1ccc(-c2cccc(Br)c2)o1)c1cc2cc(Br)ccc2o1. The van der Waals surface area contributed by atoms with Crippen LogP contribution in [0, 0.1) is 0 Å². The fraction of sp³-hybridized carbons (Fsp3) is 0. The van der Waals surface area contributed by atoms with Crippen molar-refractivity contribution >= 4 is 55.0 Å². The Morgan fingerprint density at radius 1 is 0.963 bits per heavy atom. The Morgan fingerprint density at radius 3 is 2.67 bits per heavy atom. The molecule has 0 saturated carbocycles. The number of carbonyl (C=O) groups excluding carboxylic acids is 1. The molecule has 0 unspecified atom stereocenters. The highest BCUT2D eigenvalue weighted by molar-refractivity contribution is 9.10. The summed E-state index contributed by atoms with van der Waals surface area (Å²) in [7, 11) is 0. The predicted molar refractivity (Wildman–Crippen MR) is 111 cm³/mol. The summed E-state index contributed by atoms with van der Waals surface area (Å²) in [6.07, 6.45) is 1.44. The summed E-state index contributed by atoms with van der Waals surface area (Å²) in [6.45, 7) is 0. The van der Waals surface area contributed by atoms with E-state index in [0.717, 1.165) is 19.9 Å². The van der Waals surface area contributed by atoms with Gasteiger partial charge in [-0.25, -0.2) is 5.43 Å². The van der Waals surface area contributed by atoms with Crippen LogP contribution in [0.4, 0.5) is 0 Å². The number of furan rings is 2. The largest absolute Gasteiger partial charge is 0.455 e. The van der Waals surface area contributed by atoms with Crippen LogP contribution in [0.1, 0.15) is 16.3 Å². The smallest absolute Gasteiger partial charge is 0.307 e. The summed E-state index contributed by atoms with van der Waals surface area (Å²) in [5.74, 6) is 0.998. The summed E-state index contributed by atoms with van der Waals surface area (Å²) in [4.78, 5) is 12.2. The number of nitrogens with one attached hydrogen (secondary N) is 1. The molecule has 1 amide bonds. The van der Waals surface area contributed by atoms with E-state index in [-0.39, 0.29) is 5.76 Å². The molecule has 1 N–H and O–H groups in total. The van der Waals surface area contributed by atoms with E-state index in [1.165, 1.54) is 6.21 Å². The van der Waals surface area contributed by atoms with Gasteiger partial charge in [0.15, 0.2) is 5.76 Å². The number of rotatable bonds is 4. The Labute approximate surface area is 171 Å². The molecule has 2 aromatic heterocycles. The molecule has 0 aliphatic carbocycles. The predicted octanol–water partition coefficient (Wildman–Crippen LogP) is 5.98. The topological polar surface area (TPSA) is 67.7 Å². The second-order valence-electron chi connectivity index (χ2n) is 5.70. The van der Waals surface area contributed by atoms with Crippen molar-refractivity contribution in [2.75, 3.05) is 0 Å². The van der Waals surface area contributed by atoms with Gasteiger partial charge in [-0.3, -0.25) is 4.79 Å². The second kappa shape index (κ2) is 7.54. The number of hydrogen-bond acceptors (Lipinski definition) is 4. The molecule has 0 spiro atoms. The number of carbonyl (C=O) groups is 1. The highest BCUT2D eigenvalue weighted by atomic mass is 79.9. The van der Waals surface area contributed by atoms with E-state index in [9.17, 15) is 4.79 Å². The summed E-state index contributed by atoms with van der Waals surface area (Å²) in [6, 6.07) is 18.6. The van der Waals surface area contributed by atoms with Crippen LogP contribution >= 0.6 is 31.9 Å². The zero-order chi connectivity index (χ0) is 18.8. The number of hydrazone groups is 1. The van der Waals surface area contributed by atoms with Gasteiger partial charge in [0, 0.05) is 19.9 Å². The van der Waals surface area contributed by atoms with E-state index in [1.807, 2.05) is 42.5 Å². The zero-order valence-corrected chi connectivity index (χ0v) is 17.0. The molecule has 4 aromatic rings. The number of fused-ring (bicyclic) bond motifs is 1. The molecule has 0 atom stereocenters. The summed E-state index contributed by atoms with van der Waals surface area (Å²) >= 11 is 6.83. The van der Waals surface area contributed by atoms with Crippen LogP contribution in [0.15, 0.2) is 83.5 Å². The molecule has 0 fully saturated rings. The van der Waals surface area contributed by atoms with E-state index in [0.29, 0.717) is 17.1 Å². The van der Waals surface area contributed by atoms with Crippen LogP contribution in [-0.4, -0.2) is 12.1 Å². The van der Waals surface area contributed by atoms with Crippen molar-refractivity contribution < 1.29 is 13.6 Å². The highest BCUT2D eigenvalue weighted by Gasteiger charge is 2.12. The summed E-state index contributed by atoms with van der Waals surface area (Å²) in [5.41, 5.74) is 4.02. The van der Waals surface area contributed by atoms with Crippen molar-refractivity contribution in [1.29, 1.82) is 0 Å². The van der Waals surface area contributed by atoms with Crippen LogP contribution in [-0.2, 0) is 0 Å². The molecule has 2 heterocycles. The second-order valence-corrected chi connectivity index (χ2v) is 7.54. The number of halogens is 2. The van der Waals surface area contributed by atoms with Crippen LogP contribution in [0.5, 0.6) is 0 Å². The van der Waals surface area contributed by atoms with Gasteiger partial charge in [-0.2, -0.15) is 5.10 Å². The lowest BCUT2D eigenvalue weighted by Gasteiger charge is -1.97. The first-order chi connectivity index (χ1) is 13.1. The highest BCUT2D eigenvalue weighted by Crippen LogP contribution is 2.25. The minimum absolute atomic E-state index is 0.189. The monoisotopic (exact) mass is 486 g/mol. The van der Waals surface area contributed by atoms with Crippen molar-refractivity contribution in [2.24, 2.45) is 5.10 Å². The van der Waals surface area contributed by atoms with Crippen molar-refractivity contribution in [3.05, 3.63) is 81.1 Å². The maximum atomic E-state index is 12.2. The Bertz CT molecular complexity index is 1160. The molecule has 4 rings (SSSR count). The van der Waals surface area contributed by atoms with Crippen LogP contribution in [0.2, 0.25) is 0 Å². The molecule has 7 heteroatoms. The minimum Gasteiger partial charge on any atom is -0.455 e.